The predicted octanol–water partition coefficient (Wildman–Crippen LogP) is 2.27. The van der Waals surface area contributed by atoms with Crippen LogP contribution in [-0.4, -0.2) is 9.94 Å². The molecule has 0 aliphatic carbocycles. The zero-order chi connectivity index (χ0) is 9.80. The summed E-state index contributed by atoms with van der Waals surface area (Å²) in [5, 5.41) is 4.04. The van der Waals surface area contributed by atoms with Crippen LogP contribution < -0.4 is 4.84 Å². The van der Waals surface area contributed by atoms with E-state index in [9.17, 15) is 0 Å². The van der Waals surface area contributed by atoms with E-state index in [-0.39, 0.29) is 0 Å². The van der Waals surface area contributed by atoms with Gasteiger partial charge >= 0.3 is 0 Å². The zero-order valence-electron chi connectivity index (χ0n) is 7.43. The first-order chi connectivity index (χ1) is 6.84. The standard InChI is InChI=1S/C10H9BrN2O/c11-10-6-7-13(12-10)14-8-9-4-2-1-3-5-9/h1-7H,8H2. The topological polar surface area (TPSA) is 27.1 Å². The molecule has 3 nitrogen and oxygen atoms in total. The second-order valence-corrected chi connectivity index (χ2v) is 3.61. The second-order valence-electron chi connectivity index (χ2n) is 2.80. The van der Waals surface area contributed by atoms with E-state index in [4.69, 9.17) is 4.84 Å². The van der Waals surface area contributed by atoms with Crippen molar-refractivity contribution in [3.8, 4) is 0 Å². The molecule has 0 N–H and O–H groups in total. The van der Waals surface area contributed by atoms with Gasteiger partial charge < -0.3 is 4.84 Å². The monoisotopic (exact) mass is 252 g/mol. The number of halogens is 1. The molecule has 0 fully saturated rings. The molecule has 0 atom stereocenters. The average molecular weight is 253 g/mol. The van der Waals surface area contributed by atoms with Crippen LogP contribution >= 0.6 is 15.9 Å². The highest BCUT2D eigenvalue weighted by atomic mass is 79.9. The fraction of sp³-hybridized carbons (Fsp3) is 0.100. The Labute approximate surface area is 90.4 Å². The first kappa shape index (κ1) is 9.27. The van der Waals surface area contributed by atoms with Crippen molar-refractivity contribution in [2.45, 2.75) is 6.61 Å². The van der Waals surface area contributed by atoms with Gasteiger partial charge in [-0.15, -0.1) is 9.94 Å². The van der Waals surface area contributed by atoms with Crippen LogP contribution in [0.4, 0.5) is 0 Å². The lowest BCUT2D eigenvalue weighted by Crippen LogP contribution is -2.11. The first-order valence-electron chi connectivity index (χ1n) is 4.23. The van der Waals surface area contributed by atoms with Gasteiger partial charge in [0.2, 0.25) is 0 Å². The van der Waals surface area contributed by atoms with Gasteiger partial charge in [-0.05, 0) is 27.6 Å². The van der Waals surface area contributed by atoms with E-state index in [0.29, 0.717) is 6.61 Å². The molecule has 0 saturated carbocycles. The average Bonchev–Trinajstić information content (AvgIpc) is 2.63. The van der Waals surface area contributed by atoms with Crippen LogP contribution in [0.5, 0.6) is 0 Å². The van der Waals surface area contributed by atoms with Crippen molar-refractivity contribution in [3.05, 3.63) is 52.8 Å². The van der Waals surface area contributed by atoms with Crippen LogP contribution in [0.2, 0.25) is 0 Å². The maximum atomic E-state index is 5.39. The third-order valence-electron chi connectivity index (χ3n) is 1.74. The van der Waals surface area contributed by atoms with E-state index < -0.39 is 0 Å². The Morgan fingerprint density at radius 3 is 2.64 bits per heavy atom. The number of benzene rings is 1. The molecular formula is C10H9BrN2O. The van der Waals surface area contributed by atoms with Crippen molar-refractivity contribution < 1.29 is 4.84 Å². The minimum Gasteiger partial charge on any atom is -0.392 e. The lowest BCUT2D eigenvalue weighted by Gasteiger charge is -2.03. The Hall–Kier alpha value is -1.29. The fourth-order valence-electron chi connectivity index (χ4n) is 1.07. The first-order valence-corrected chi connectivity index (χ1v) is 5.02. The van der Waals surface area contributed by atoms with Gasteiger partial charge in [0, 0.05) is 0 Å². The lowest BCUT2D eigenvalue weighted by molar-refractivity contribution is 0.0694. The number of rotatable bonds is 3. The molecule has 0 saturated heterocycles. The van der Waals surface area contributed by atoms with E-state index in [1.807, 2.05) is 36.4 Å². The minimum absolute atomic E-state index is 0.523. The summed E-state index contributed by atoms with van der Waals surface area (Å²) in [5.41, 5.74) is 1.12. The van der Waals surface area contributed by atoms with E-state index in [1.165, 1.54) is 4.85 Å². The molecule has 2 rings (SSSR count). The summed E-state index contributed by atoms with van der Waals surface area (Å²) >= 11 is 3.25. The Kier molecular flexibility index (Phi) is 2.84. The van der Waals surface area contributed by atoms with Crippen molar-refractivity contribution in [1.82, 2.24) is 9.94 Å². The van der Waals surface area contributed by atoms with Crippen LogP contribution in [0.1, 0.15) is 5.56 Å². The summed E-state index contributed by atoms with van der Waals surface area (Å²) < 4.78 is 0.769. The maximum Gasteiger partial charge on any atom is 0.142 e. The van der Waals surface area contributed by atoms with Gasteiger partial charge in [-0.2, -0.15) is 0 Å². The molecule has 72 valence electrons. The van der Waals surface area contributed by atoms with Crippen LogP contribution in [-0.2, 0) is 6.61 Å². The summed E-state index contributed by atoms with van der Waals surface area (Å²) in [6, 6.07) is 11.8. The van der Waals surface area contributed by atoms with Gasteiger partial charge in [0.05, 0.1) is 6.20 Å². The lowest BCUT2D eigenvalue weighted by atomic mass is 10.2. The minimum atomic E-state index is 0.523. The van der Waals surface area contributed by atoms with Crippen LogP contribution in [0, 0.1) is 0 Å². The van der Waals surface area contributed by atoms with Crippen LogP contribution in [0.25, 0.3) is 0 Å². The van der Waals surface area contributed by atoms with Gasteiger partial charge in [0.15, 0.2) is 0 Å². The molecular weight excluding hydrogens is 244 g/mol. The molecule has 2 aromatic rings. The van der Waals surface area contributed by atoms with E-state index in [0.717, 1.165) is 10.2 Å². The molecule has 0 radical (unpaired) electrons. The SMILES string of the molecule is Brc1ccn(OCc2ccccc2)n1. The van der Waals surface area contributed by atoms with E-state index >= 15 is 0 Å². The molecule has 1 heterocycles. The highest BCUT2D eigenvalue weighted by molar-refractivity contribution is 9.10. The van der Waals surface area contributed by atoms with Crippen molar-refractivity contribution in [1.29, 1.82) is 0 Å². The molecule has 1 aromatic carbocycles. The van der Waals surface area contributed by atoms with E-state index in [2.05, 4.69) is 21.0 Å². The van der Waals surface area contributed by atoms with Gasteiger partial charge in [-0.3, -0.25) is 0 Å². The number of nitrogens with zero attached hydrogens (tertiary/aromatic N) is 2. The van der Waals surface area contributed by atoms with E-state index in [1.54, 1.807) is 6.20 Å². The van der Waals surface area contributed by atoms with Gasteiger partial charge in [0.25, 0.3) is 0 Å². The largest absolute Gasteiger partial charge is 0.392 e. The smallest absolute Gasteiger partial charge is 0.142 e. The molecule has 1 aromatic heterocycles. The summed E-state index contributed by atoms with van der Waals surface area (Å²) in [6.07, 6.45) is 1.76. The quantitative estimate of drug-likeness (QED) is 0.839. The number of hydrogen-bond acceptors (Lipinski definition) is 2. The molecule has 0 amide bonds. The molecule has 0 spiro atoms. The summed E-state index contributed by atoms with van der Waals surface area (Å²) in [6.45, 7) is 0.523. The van der Waals surface area contributed by atoms with Crippen molar-refractivity contribution in [2.75, 3.05) is 0 Å². The Morgan fingerprint density at radius 2 is 2.00 bits per heavy atom. The third kappa shape index (κ3) is 2.35. The maximum absolute atomic E-state index is 5.39. The fourth-order valence-corrected chi connectivity index (χ4v) is 1.35. The normalized spacial score (nSPS) is 10.1. The molecule has 0 unspecified atom stereocenters. The van der Waals surface area contributed by atoms with Crippen LogP contribution in [0.3, 0.4) is 0 Å². The third-order valence-corrected chi connectivity index (χ3v) is 2.16. The summed E-state index contributed by atoms with van der Waals surface area (Å²) in [5.74, 6) is 0. The van der Waals surface area contributed by atoms with Crippen molar-refractivity contribution in [2.24, 2.45) is 0 Å². The Balaban J connectivity index is 1.95. The summed E-state index contributed by atoms with van der Waals surface area (Å²) in [4.78, 5) is 6.83. The Bertz CT molecular complexity index is 400. The van der Waals surface area contributed by atoms with Crippen molar-refractivity contribution in [3.63, 3.8) is 0 Å². The highest BCUT2D eigenvalue weighted by Gasteiger charge is 1.95. The number of hydrogen-bond donors (Lipinski definition) is 0. The molecule has 0 aliphatic heterocycles. The molecule has 4 heteroatoms. The Morgan fingerprint density at radius 1 is 1.21 bits per heavy atom. The zero-order valence-corrected chi connectivity index (χ0v) is 9.02. The van der Waals surface area contributed by atoms with Crippen molar-refractivity contribution >= 4 is 15.9 Å². The van der Waals surface area contributed by atoms with Crippen LogP contribution in [0.15, 0.2) is 47.2 Å². The molecule has 0 bridgehead atoms. The molecule has 0 aliphatic rings. The highest BCUT2D eigenvalue weighted by Crippen LogP contribution is 2.03. The van der Waals surface area contributed by atoms with Gasteiger partial charge in [0.1, 0.15) is 11.2 Å². The second kappa shape index (κ2) is 4.28. The number of aromatic nitrogens is 2. The summed E-state index contributed by atoms with van der Waals surface area (Å²) in [7, 11) is 0. The van der Waals surface area contributed by atoms with Gasteiger partial charge in [-0.1, -0.05) is 30.3 Å². The van der Waals surface area contributed by atoms with Gasteiger partial charge in [-0.25, -0.2) is 0 Å². The predicted molar refractivity (Wildman–Crippen MR) is 56.7 cm³/mol. The molecule has 14 heavy (non-hydrogen) atoms.